The van der Waals surface area contributed by atoms with Crippen molar-refractivity contribution in [1.29, 1.82) is 0 Å². The van der Waals surface area contributed by atoms with Crippen molar-refractivity contribution in [3.8, 4) is 0 Å². The molecule has 0 aliphatic heterocycles. The van der Waals surface area contributed by atoms with Crippen molar-refractivity contribution in [3.63, 3.8) is 0 Å². The summed E-state index contributed by atoms with van der Waals surface area (Å²) in [4.78, 5) is 0. The van der Waals surface area contributed by atoms with E-state index in [1.807, 2.05) is 0 Å². The minimum absolute atomic E-state index is 1.25. The first-order chi connectivity index (χ1) is 6.83. The van der Waals surface area contributed by atoms with Crippen LogP contribution in [0.1, 0.15) is 65.7 Å². The highest BCUT2D eigenvalue weighted by Gasteiger charge is 2.14. The van der Waals surface area contributed by atoms with Crippen LogP contribution in [0.3, 0.4) is 0 Å². The van der Waals surface area contributed by atoms with Crippen LogP contribution in [0.4, 0.5) is 0 Å². The molecule has 0 spiro atoms. The Morgan fingerprint density at radius 2 is 1.57 bits per heavy atom. The fraction of sp³-hybridized carbons (Fsp3) is 0.714. The van der Waals surface area contributed by atoms with Gasteiger partial charge >= 0.3 is 0 Å². The standard InChI is InChI=1S/C14H24/c1-4-7-12-10-11-13(8-5-2)14(12)9-6-3/h10H,4-9,11H2,1-3H3. The summed E-state index contributed by atoms with van der Waals surface area (Å²) < 4.78 is 0. The Bertz CT molecular complexity index is 230. The molecular weight excluding hydrogens is 168 g/mol. The van der Waals surface area contributed by atoms with Crippen LogP contribution in [0, 0.1) is 0 Å². The van der Waals surface area contributed by atoms with Gasteiger partial charge in [0.15, 0.2) is 0 Å². The predicted octanol–water partition coefficient (Wildman–Crippen LogP) is 5.01. The fourth-order valence-corrected chi connectivity index (χ4v) is 2.38. The highest BCUT2D eigenvalue weighted by Crippen LogP contribution is 2.34. The lowest BCUT2D eigenvalue weighted by Gasteiger charge is -2.10. The van der Waals surface area contributed by atoms with E-state index in [9.17, 15) is 0 Å². The summed E-state index contributed by atoms with van der Waals surface area (Å²) in [7, 11) is 0. The number of hydrogen-bond donors (Lipinski definition) is 0. The molecule has 0 unspecified atom stereocenters. The minimum atomic E-state index is 1.25. The summed E-state index contributed by atoms with van der Waals surface area (Å²) in [6.07, 6.45) is 11.5. The van der Waals surface area contributed by atoms with Crippen LogP contribution >= 0.6 is 0 Å². The lowest BCUT2D eigenvalue weighted by molar-refractivity contribution is 0.824. The third kappa shape index (κ3) is 2.73. The van der Waals surface area contributed by atoms with Gasteiger partial charge in [-0.3, -0.25) is 0 Å². The summed E-state index contributed by atoms with van der Waals surface area (Å²) in [5.41, 5.74) is 5.12. The second kappa shape index (κ2) is 6.06. The van der Waals surface area contributed by atoms with Crippen LogP contribution in [0.5, 0.6) is 0 Å². The second-order valence-corrected chi connectivity index (χ2v) is 4.27. The lowest BCUT2D eigenvalue weighted by atomic mass is 9.96. The van der Waals surface area contributed by atoms with E-state index in [-0.39, 0.29) is 0 Å². The van der Waals surface area contributed by atoms with E-state index >= 15 is 0 Å². The summed E-state index contributed by atoms with van der Waals surface area (Å²) in [6, 6.07) is 0. The monoisotopic (exact) mass is 192 g/mol. The van der Waals surface area contributed by atoms with Gasteiger partial charge in [0.25, 0.3) is 0 Å². The summed E-state index contributed by atoms with van der Waals surface area (Å²) in [5, 5.41) is 0. The molecule has 0 bridgehead atoms. The molecule has 0 N–H and O–H groups in total. The van der Waals surface area contributed by atoms with Gasteiger partial charge in [0.2, 0.25) is 0 Å². The molecule has 80 valence electrons. The van der Waals surface area contributed by atoms with Gasteiger partial charge < -0.3 is 0 Å². The second-order valence-electron chi connectivity index (χ2n) is 4.27. The summed E-state index contributed by atoms with van der Waals surface area (Å²) in [6.45, 7) is 6.86. The molecule has 1 aliphatic carbocycles. The van der Waals surface area contributed by atoms with Crippen molar-refractivity contribution >= 4 is 0 Å². The third-order valence-electron chi connectivity index (χ3n) is 2.98. The SMILES string of the molecule is CCCC1=CCC(CCC)=C1CCC. The van der Waals surface area contributed by atoms with Gasteiger partial charge in [0, 0.05) is 0 Å². The number of rotatable bonds is 6. The van der Waals surface area contributed by atoms with Gasteiger partial charge in [0.05, 0.1) is 0 Å². The molecule has 0 fully saturated rings. The first-order valence-electron chi connectivity index (χ1n) is 6.23. The van der Waals surface area contributed by atoms with Gasteiger partial charge in [-0.2, -0.15) is 0 Å². The molecule has 0 aromatic rings. The highest BCUT2D eigenvalue weighted by atomic mass is 14.2. The lowest BCUT2D eigenvalue weighted by Crippen LogP contribution is -1.90. The zero-order valence-corrected chi connectivity index (χ0v) is 10.0. The zero-order valence-electron chi connectivity index (χ0n) is 10.0. The van der Waals surface area contributed by atoms with E-state index in [0.717, 1.165) is 0 Å². The topological polar surface area (TPSA) is 0 Å². The van der Waals surface area contributed by atoms with Crippen LogP contribution < -0.4 is 0 Å². The highest BCUT2D eigenvalue weighted by molar-refractivity contribution is 5.42. The average molecular weight is 192 g/mol. The van der Waals surface area contributed by atoms with Gasteiger partial charge in [0.1, 0.15) is 0 Å². The molecule has 1 aliphatic rings. The van der Waals surface area contributed by atoms with Gasteiger partial charge in [-0.1, -0.05) is 51.7 Å². The Hall–Kier alpha value is -0.520. The molecule has 0 nitrogen and oxygen atoms in total. The Morgan fingerprint density at radius 1 is 0.929 bits per heavy atom. The molecule has 0 heterocycles. The molecule has 0 amide bonds. The molecule has 1 rings (SSSR count). The van der Waals surface area contributed by atoms with Crippen molar-refractivity contribution in [3.05, 3.63) is 22.8 Å². The van der Waals surface area contributed by atoms with Crippen LogP contribution in [0.15, 0.2) is 22.8 Å². The van der Waals surface area contributed by atoms with Crippen molar-refractivity contribution in [2.75, 3.05) is 0 Å². The first-order valence-corrected chi connectivity index (χ1v) is 6.23. The van der Waals surface area contributed by atoms with Crippen molar-refractivity contribution in [1.82, 2.24) is 0 Å². The zero-order chi connectivity index (χ0) is 10.4. The molecule has 0 saturated carbocycles. The smallest absolute Gasteiger partial charge is 0.0127 e. The Morgan fingerprint density at radius 3 is 2.14 bits per heavy atom. The first kappa shape index (κ1) is 11.6. The van der Waals surface area contributed by atoms with Crippen molar-refractivity contribution in [2.24, 2.45) is 0 Å². The molecular formula is C14H24. The van der Waals surface area contributed by atoms with Crippen LogP contribution in [-0.2, 0) is 0 Å². The summed E-state index contributed by atoms with van der Waals surface area (Å²) in [5.74, 6) is 0. The van der Waals surface area contributed by atoms with Crippen LogP contribution in [0.25, 0.3) is 0 Å². The summed E-state index contributed by atoms with van der Waals surface area (Å²) >= 11 is 0. The Balaban J connectivity index is 2.69. The Labute approximate surface area is 89.1 Å². The molecule has 0 aromatic heterocycles. The largest absolute Gasteiger partial charge is 0.0770 e. The number of hydrogen-bond acceptors (Lipinski definition) is 0. The molecule has 0 heteroatoms. The molecule has 0 atom stereocenters. The minimum Gasteiger partial charge on any atom is -0.0770 e. The van der Waals surface area contributed by atoms with Crippen LogP contribution in [-0.4, -0.2) is 0 Å². The Kier molecular flexibility index (Phi) is 5.00. The van der Waals surface area contributed by atoms with E-state index in [1.165, 1.54) is 44.9 Å². The molecule has 0 radical (unpaired) electrons. The van der Waals surface area contributed by atoms with Crippen molar-refractivity contribution in [2.45, 2.75) is 65.7 Å². The van der Waals surface area contributed by atoms with E-state index in [4.69, 9.17) is 0 Å². The quantitative estimate of drug-likeness (QED) is 0.554. The van der Waals surface area contributed by atoms with E-state index < -0.39 is 0 Å². The van der Waals surface area contributed by atoms with E-state index in [1.54, 1.807) is 16.7 Å². The fourth-order valence-electron chi connectivity index (χ4n) is 2.38. The van der Waals surface area contributed by atoms with Gasteiger partial charge in [-0.15, -0.1) is 0 Å². The molecule has 0 aromatic carbocycles. The van der Waals surface area contributed by atoms with Crippen LogP contribution in [0.2, 0.25) is 0 Å². The van der Waals surface area contributed by atoms with E-state index in [0.29, 0.717) is 0 Å². The van der Waals surface area contributed by atoms with Gasteiger partial charge in [-0.25, -0.2) is 0 Å². The molecule has 0 saturated heterocycles. The maximum absolute atomic E-state index is 2.47. The number of allylic oxidation sites excluding steroid dienone is 4. The third-order valence-corrected chi connectivity index (χ3v) is 2.98. The van der Waals surface area contributed by atoms with Gasteiger partial charge in [-0.05, 0) is 36.8 Å². The normalized spacial score (nSPS) is 16.4. The van der Waals surface area contributed by atoms with E-state index in [2.05, 4.69) is 26.8 Å². The average Bonchev–Trinajstić information content (AvgIpc) is 2.52. The maximum Gasteiger partial charge on any atom is -0.0127 e. The maximum atomic E-state index is 2.47. The van der Waals surface area contributed by atoms with Crippen molar-refractivity contribution < 1.29 is 0 Å². The predicted molar refractivity (Wildman–Crippen MR) is 64.5 cm³/mol. The molecule has 14 heavy (non-hydrogen) atoms.